The van der Waals surface area contributed by atoms with E-state index >= 15 is 0 Å². The van der Waals surface area contributed by atoms with E-state index in [4.69, 9.17) is 0 Å². The van der Waals surface area contributed by atoms with Crippen molar-refractivity contribution in [3.8, 4) is 0 Å². The molecule has 0 radical (unpaired) electrons. The highest BCUT2D eigenvalue weighted by Gasteiger charge is 2.22. The van der Waals surface area contributed by atoms with Gasteiger partial charge in [-0.15, -0.1) is 0 Å². The lowest BCUT2D eigenvalue weighted by Crippen LogP contribution is -2.45. The molecule has 2 rings (SSSR count). The highest BCUT2D eigenvalue weighted by molar-refractivity contribution is 7.89. The number of nitrogens with zero attached hydrogens (tertiary/aromatic N) is 1. The van der Waals surface area contributed by atoms with E-state index in [9.17, 15) is 8.42 Å². The quantitative estimate of drug-likeness (QED) is 0.902. The lowest BCUT2D eigenvalue weighted by Gasteiger charge is -2.33. The monoisotopic (exact) mass is 268 g/mol. The zero-order valence-electron chi connectivity index (χ0n) is 10.7. The Morgan fingerprint density at radius 1 is 1.22 bits per heavy atom. The van der Waals surface area contributed by atoms with E-state index in [0.717, 1.165) is 25.9 Å². The molecule has 1 aliphatic rings. The number of hydrogen-bond donors (Lipinski definition) is 1. The molecule has 0 aromatic heterocycles. The molecule has 0 atom stereocenters. The lowest BCUT2D eigenvalue weighted by atomic mass is 10.1. The smallest absolute Gasteiger partial charge is 0.211 e. The van der Waals surface area contributed by atoms with Crippen LogP contribution in [0.15, 0.2) is 30.3 Å². The molecule has 1 N–H and O–H groups in total. The van der Waals surface area contributed by atoms with E-state index in [1.807, 2.05) is 18.2 Å². The Morgan fingerprint density at radius 2 is 1.83 bits per heavy atom. The standard InChI is InChI=1S/C13H20N2O2S/c1-2-18(16,17)14-12-8-10-15(11-9-12)13-6-4-3-5-7-13/h3-7,12,14H,2,8-11H2,1H3. The van der Waals surface area contributed by atoms with Crippen LogP contribution in [0.25, 0.3) is 0 Å². The first-order valence-corrected chi connectivity index (χ1v) is 8.06. The average molecular weight is 268 g/mol. The van der Waals surface area contributed by atoms with Gasteiger partial charge in [-0.05, 0) is 31.9 Å². The first-order valence-electron chi connectivity index (χ1n) is 6.41. The van der Waals surface area contributed by atoms with Crippen LogP contribution < -0.4 is 9.62 Å². The summed E-state index contributed by atoms with van der Waals surface area (Å²) < 4.78 is 25.8. The van der Waals surface area contributed by atoms with Gasteiger partial charge in [0.25, 0.3) is 0 Å². The van der Waals surface area contributed by atoms with Crippen molar-refractivity contribution in [2.75, 3.05) is 23.7 Å². The Hall–Kier alpha value is -1.07. The molecule has 0 bridgehead atoms. The number of benzene rings is 1. The maximum Gasteiger partial charge on any atom is 0.211 e. The summed E-state index contributed by atoms with van der Waals surface area (Å²) in [4.78, 5) is 2.30. The second-order valence-corrected chi connectivity index (χ2v) is 6.66. The summed E-state index contributed by atoms with van der Waals surface area (Å²) in [6, 6.07) is 10.3. The molecule has 0 saturated carbocycles. The third-order valence-electron chi connectivity index (χ3n) is 3.34. The third kappa shape index (κ3) is 3.46. The van der Waals surface area contributed by atoms with Crippen LogP contribution in [0.1, 0.15) is 19.8 Å². The van der Waals surface area contributed by atoms with Crippen molar-refractivity contribution in [2.45, 2.75) is 25.8 Å². The summed E-state index contributed by atoms with van der Waals surface area (Å²) >= 11 is 0. The van der Waals surface area contributed by atoms with E-state index in [0.29, 0.717) is 0 Å². The molecule has 4 nitrogen and oxygen atoms in total. The lowest BCUT2D eigenvalue weighted by molar-refractivity contribution is 0.460. The summed E-state index contributed by atoms with van der Waals surface area (Å²) in [5.41, 5.74) is 1.22. The molecule has 5 heteroatoms. The fraction of sp³-hybridized carbons (Fsp3) is 0.538. The normalized spacial score (nSPS) is 17.9. The van der Waals surface area contributed by atoms with E-state index in [1.165, 1.54) is 5.69 Å². The van der Waals surface area contributed by atoms with Gasteiger partial charge in [0.2, 0.25) is 10.0 Å². The molecule has 0 aliphatic carbocycles. The first kappa shape index (κ1) is 13.4. The van der Waals surface area contributed by atoms with Crippen molar-refractivity contribution in [1.82, 2.24) is 4.72 Å². The van der Waals surface area contributed by atoms with Crippen molar-refractivity contribution in [3.63, 3.8) is 0 Å². The predicted octanol–water partition coefficient (Wildman–Crippen LogP) is 1.59. The van der Waals surface area contributed by atoms with Crippen molar-refractivity contribution in [1.29, 1.82) is 0 Å². The number of hydrogen-bond acceptors (Lipinski definition) is 3. The topological polar surface area (TPSA) is 49.4 Å². The van der Waals surface area contributed by atoms with E-state index in [2.05, 4.69) is 21.8 Å². The summed E-state index contributed by atoms with van der Waals surface area (Å²) in [6.07, 6.45) is 1.74. The van der Waals surface area contributed by atoms with Crippen molar-refractivity contribution < 1.29 is 8.42 Å². The third-order valence-corrected chi connectivity index (χ3v) is 4.80. The molecule has 1 aromatic carbocycles. The highest BCUT2D eigenvalue weighted by Crippen LogP contribution is 2.19. The Morgan fingerprint density at radius 3 is 2.39 bits per heavy atom. The molecule has 1 saturated heterocycles. The SMILES string of the molecule is CCS(=O)(=O)NC1CCN(c2ccccc2)CC1. The molecule has 100 valence electrons. The number of para-hydroxylation sites is 1. The molecule has 1 aromatic rings. The average Bonchev–Trinajstić information content (AvgIpc) is 2.40. The maximum absolute atomic E-state index is 11.5. The molecule has 1 heterocycles. The molecule has 1 fully saturated rings. The molecule has 0 unspecified atom stereocenters. The van der Waals surface area contributed by atoms with Crippen molar-refractivity contribution >= 4 is 15.7 Å². The number of piperidine rings is 1. The van der Waals surface area contributed by atoms with Gasteiger partial charge in [-0.25, -0.2) is 13.1 Å². The van der Waals surface area contributed by atoms with Crippen molar-refractivity contribution in [2.24, 2.45) is 0 Å². The summed E-state index contributed by atoms with van der Waals surface area (Å²) in [5, 5.41) is 0. The van der Waals surface area contributed by atoms with Crippen LogP contribution in [0.2, 0.25) is 0 Å². The molecule has 18 heavy (non-hydrogen) atoms. The van der Waals surface area contributed by atoms with Gasteiger partial charge < -0.3 is 4.90 Å². The highest BCUT2D eigenvalue weighted by atomic mass is 32.2. The predicted molar refractivity (Wildman–Crippen MR) is 74.3 cm³/mol. The molecule has 0 amide bonds. The van der Waals surface area contributed by atoms with E-state index in [1.54, 1.807) is 6.92 Å². The minimum absolute atomic E-state index is 0.0925. The van der Waals surface area contributed by atoms with Crippen LogP contribution in [0.5, 0.6) is 0 Å². The second-order valence-electron chi connectivity index (χ2n) is 4.62. The number of rotatable bonds is 4. The van der Waals surface area contributed by atoms with Gasteiger partial charge >= 0.3 is 0 Å². The van der Waals surface area contributed by atoms with Gasteiger partial charge in [0.1, 0.15) is 0 Å². The van der Waals surface area contributed by atoms with E-state index < -0.39 is 10.0 Å². The zero-order chi connectivity index (χ0) is 13.0. The molecular weight excluding hydrogens is 248 g/mol. The van der Waals surface area contributed by atoms with Crippen LogP contribution in [-0.2, 0) is 10.0 Å². The fourth-order valence-electron chi connectivity index (χ4n) is 2.23. The summed E-state index contributed by atoms with van der Waals surface area (Å²) in [5.74, 6) is 0.159. The van der Waals surface area contributed by atoms with Crippen molar-refractivity contribution in [3.05, 3.63) is 30.3 Å². The minimum atomic E-state index is -3.07. The number of anilines is 1. The minimum Gasteiger partial charge on any atom is -0.371 e. The largest absolute Gasteiger partial charge is 0.371 e. The van der Waals surface area contributed by atoms with Crippen LogP contribution in [0.3, 0.4) is 0 Å². The zero-order valence-corrected chi connectivity index (χ0v) is 11.5. The van der Waals surface area contributed by atoms with Gasteiger partial charge in [-0.2, -0.15) is 0 Å². The summed E-state index contributed by atoms with van der Waals surface area (Å²) in [7, 11) is -3.07. The second kappa shape index (κ2) is 5.71. The van der Waals surface area contributed by atoms with Gasteiger partial charge in [0, 0.05) is 24.8 Å². The van der Waals surface area contributed by atoms with Gasteiger partial charge in [0.05, 0.1) is 5.75 Å². The Balaban J connectivity index is 1.89. The summed E-state index contributed by atoms with van der Waals surface area (Å²) in [6.45, 7) is 3.48. The van der Waals surface area contributed by atoms with Gasteiger partial charge in [-0.1, -0.05) is 18.2 Å². The molecular formula is C13H20N2O2S. The van der Waals surface area contributed by atoms with Crippen LogP contribution >= 0.6 is 0 Å². The van der Waals surface area contributed by atoms with Crippen LogP contribution in [0.4, 0.5) is 5.69 Å². The number of sulfonamides is 1. The first-order chi connectivity index (χ1) is 8.61. The van der Waals surface area contributed by atoms with E-state index in [-0.39, 0.29) is 11.8 Å². The Kier molecular flexibility index (Phi) is 4.24. The fourth-order valence-corrected chi connectivity index (χ4v) is 3.14. The van der Waals surface area contributed by atoms with Crippen LogP contribution in [0, 0.1) is 0 Å². The number of nitrogens with one attached hydrogen (secondary N) is 1. The van der Waals surface area contributed by atoms with Gasteiger partial charge in [0.15, 0.2) is 0 Å². The molecule has 1 aliphatic heterocycles. The maximum atomic E-state index is 11.5. The Labute approximate surface area is 109 Å². The Bertz CT molecular complexity index is 465. The molecule has 0 spiro atoms. The van der Waals surface area contributed by atoms with Gasteiger partial charge in [-0.3, -0.25) is 0 Å². The van der Waals surface area contributed by atoms with Crippen LogP contribution in [-0.4, -0.2) is 33.3 Å².